The molecule has 3 aromatic carbocycles. The van der Waals surface area contributed by atoms with Crippen LogP contribution < -0.4 is 10.7 Å². The van der Waals surface area contributed by atoms with Crippen molar-refractivity contribution in [3.05, 3.63) is 71.3 Å². The van der Waals surface area contributed by atoms with Crippen molar-refractivity contribution in [2.75, 3.05) is 5.32 Å². The van der Waals surface area contributed by atoms with Crippen molar-refractivity contribution in [3.8, 4) is 11.8 Å². The van der Waals surface area contributed by atoms with E-state index in [9.17, 15) is 14.7 Å². The lowest BCUT2D eigenvalue weighted by atomic mass is 10.0. The number of nitrogens with zero attached hydrogens (tertiary/aromatic N) is 2. The van der Waals surface area contributed by atoms with Crippen LogP contribution in [0.3, 0.4) is 0 Å². The van der Waals surface area contributed by atoms with E-state index in [0.717, 1.165) is 47.7 Å². The van der Waals surface area contributed by atoms with E-state index in [1.165, 1.54) is 24.4 Å². The van der Waals surface area contributed by atoms with Crippen molar-refractivity contribution in [2.24, 2.45) is 11.0 Å². The van der Waals surface area contributed by atoms with Gasteiger partial charge in [-0.1, -0.05) is 43.2 Å². The molecule has 1 fully saturated rings. The fourth-order valence-corrected chi connectivity index (χ4v) is 3.96. The Kier molecular flexibility index (Phi) is 6.13. The van der Waals surface area contributed by atoms with Gasteiger partial charge in [-0.2, -0.15) is 10.4 Å². The van der Waals surface area contributed by atoms with E-state index in [1.54, 1.807) is 0 Å². The van der Waals surface area contributed by atoms with E-state index in [0.29, 0.717) is 0 Å². The zero-order valence-corrected chi connectivity index (χ0v) is 17.3. The van der Waals surface area contributed by atoms with Gasteiger partial charge in [0.1, 0.15) is 11.8 Å². The minimum Gasteiger partial charge on any atom is -0.507 e. The summed E-state index contributed by atoms with van der Waals surface area (Å²) in [5, 5.41) is 27.5. The number of rotatable bonds is 5. The molecule has 0 aromatic heterocycles. The first-order valence-corrected chi connectivity index (χ1v) is 10.5. The number of fused-ring (bicyclic) bond motifs is 1. The Morgan fingerprint density at radius 2 is 1.81 bits per heavy atom. The molecule has 160 valence electrons. The largest absolute Gasteiger partial charge is 0.507 e. The Labute approximate surface area is 185 Å². The molecule has 0 unspecified atom stereocenters. The lowest BCUT2D eigenvalue weighted by Gasteiger charge is -2.13. The topological polar surface area (TPSA) is 115 Å². The molecule has 0 bridgehead atoms. The third kappa shape index (κ3) is 4.44. The maximum absolute atomic E-state index is 12.6. The van der Waals surface area contributed by atoms with Gasteiger partial charge in [-0.25, -0.2) is 5.43 Å². The smallest absolute Gasteiger partial charge is 0.271 e. The summed E-state index contributed by atoms with van der Waals surface area (Å²) >= 11 is 0. The first-order valence-electron chi connectivity index (χ1n) is 10.5. The summed E-state index contributed by atoms with van der Waals surface area (Å²) in [5.74, 6) is -0.541. The molecule has 0 saturated heterocycles. The van der Waals surface area contributed by atoms with Gasteiger partial charge in [-0.15, -0.1) is 0 Å². The van der Waals surface area contributed by atoms with Crippen molar-refractivity contribution >= 4 is 34.5 Å². The van der Waals surface area contributed by atoms with Gasteiger partial charge in [0.2, 0.25) is 5.91 Å². The number of phenols is 1. The van der Waals surface area contributed by atoms with Gasteiger partial charge in [0.05, 0.1) is 11.8 Å². The highest BCUT2D eigenvalue weighted by Gasteiger charge is 2.23. The number of carbonyl (C=O) groups excluding carboxylic acids is 2. The van der Waals surface area contributed by atoms with Crippen LogP contribution in [0.2, 0.25) is 0 Å². The van der Waals surface area contributed by atoms with E-state index in [4.69, 9.17) is 5.26 Å². The summed E-state index contributed by atoms with van der Waals surface area (Å²) in [6, 6.07) is 17.2. The number of hydrogen-bond acceptors (Lipinski definition) is 5. The van der Waals surface area contributed by atoms with Crippen LogP contribution in [0, 0.1) is 17.2 Å². The molecule has 2 amide bonds. The van der Waals surface area contributed by atoms with Crippen LogP contribution in [0.1, 0.15) is 47.2 Å². The third-order valence-electron chi connectivity index (χ3n) is 5.69. The summed E-state index contributed by atoms with van der Waals surface area (Å²) in [6.07, 6.45) is 5.61. The second-order valence-electron chi connectivity index (χ2n) is 7.76. The molecule has 0 spiro atoms. The average molecular weight is 426 g/mol. The predicted molar refractivity (Wildman–Crippen MR) is 122 cm³/mol. The number of aromatic hydroxyl groups is 1. The molecule has 32 heavy (non-hydrogen) atoms. The highest BCUT2D eigenvalue weighted by atomic mass is 16.3. The summed E-state index contributed by atoms with van der Waals surface area (Å²) in [6.45, 7) is 0. The van der Waals surface area contributed by atoms with Crippen molar-refractivity contribution in [1.82, 2.24) is 5.43 Å². The molecular weight excluding hydrogens is 404 g/mol. The average Bonchev–Trinajstić information content (AvgIpc) is 3.36. The Hall–Kier alpha value is -4.18. The molecule has 3 aromatic rings. The minimum absolute atomic E-state index is 0.0165. The molecular formula is C25H22N4O3. The SMILES string of the molecule is N#Cc1cc(C(=O)N/N=C/c2ccc(NC(=O)C3CCCC3)c3ccccc23)ccc1O. The number of nitriles is 1. The fraction of sp³-hybridized carbons (Fsp3) is 0.200. The molecule has 0 aliphatic heterocycles. The number of carbonyl (C=O) groups is 2. The number of hydrazone groups is 1. The van der Waals surface area contributed by atoms with Crippen LogP contribution in [0.4, 0.5) is 5.69 Å². The Morgan fingerprint density at radius 3 is 2.56 bits per heavy atom. The Balaban J connectivity index is 1.52. The highest BCUT2D eigenvalue weighted by Crippen LogP contribution is 2.29. The predicted octanol–water partition coefficient (Wildman–Crippen LogP) is 4.31. The molecule has 0 radical (unpaired) electrons. The van der Waals surface area contributed by atoms with E-state index >= 15 is 0 Å². The third-order valence-corrected chi connectivity index (χ3v) is 5.69. The monoisotopic (exact) mass is 426 g/mol. The zero-order chi connectivity index (χ0) is 22.5. The van der Waals surface area contributed by atoms with Gasteiger partial charge in [0, 0.05) is 28.1 Å². The van der Waals surface area contributed by atoms with Gasteiger partial charge in [0.15, 0.2) is 0 Å². The zero-order valence-electron chi connectivity index (χ0n) is 17.3. The molecule has 1 saturated carbocycles. The van der Waals surface area contributed by atoms with Crippen molar-refractivity contribution < 1.29 is 14.7 Å². The second kappa shape index (κ2) is 9.31. The maximum Gasteiger partial charge on any atom is 0.271 e. The van der Waals surface area contributed by atoms with Gasteiger partial charge < -0.3 is 10.4 Å². The second-order valence-corrected chi connectivity index (χ2v) is 7.76. The lowest BCUT2D eigenvalue weighted by molar-refractivity contribution is -0.119. The molecule has 0 heterocycles. The summed E-state index contributed by atoms with van der Waals surface area (Å²) in [5.41, 5.74) is 4.20. The summed E-state index contributed by atoms with van der Waals surface area (Å²) in [4.78, 5) is 24.9. The van der Waals surface area contributed by atoms with Gasteiger partial charge in [-0.05, 0) is 42.5 Å². The number of phenolic OH excluding ortho intramolecular Hbond substituents is 1. The normalized spacial score (nSPS) is 13.8. The van der Waals surface area contributed by atoms with Crippen molar-refractivity contribution in [3.63, 3.8) is 0 Å². The maximum atomic E-state index is 12.6. The van der Waals surface area contributed by atoms with Crippen molar-refractivity contribution in [2.45, 2.75) is 25.7 Å². The standard InChI is InChI=1S/C25H22N4O3/c26-14-19-13-17(10-12-23(19)30)25(32)29-27-15-18-9-11-22(21-8-4-3-7-20(18)21)28-24(31)16-5-1-2-6-16/h3-4,7-13,15-16,30H,1-2,5-6H2,(H,28,31)(H,29,32)/b27-15+. The first kappa shape index (κ1) is 21.1. The summed E-state index contributed by atoms with van der Waals surface area (Å²) in [7, 11) is 0. The number of nitrogens with one attached hydrogen (secondary N) is 2. The van der Waals surface area contributed by atoms with E-state index in [2.05, 4.69) is 15.8 Å². The minimum atomic E-state index is -0.498. The number of benzene rings is 3. The van der Waals surface area contributed by atoms with E-state index in [-0.39, 0.29) is 28.7 Å². The molecule has 3 N–H and O–H groups in total. The fourth-order valence-electron chi connectivity index (χ4n) is 3.96. The van der Waals surface area contributed by atoms with Crippen LogP contribution in [0.15, 0.2) is 59.7 Å². The first-order chi connectivity index (χ1) is 15.6. The van der Waals surface area contributed by atoms with Crippen LogP contribution in [-0.2, 0) is 4.79 Å². The molecule has 7 heteroatoms. The van der Waals surface area contributed by atoms with E-state index < -0.39 is 5.91 Å². The number of anilines is 1. The molecule has 1 aliphatic rings. The molecule has 1 aliphatic carbocycles. The van der Waals surface area contributed by atoms with Crippen LogP contribution in [-0.4, -0.2) is 23.1 Å². The number of hydrogen-bond donors (Lipinski definition) is 3. The van der Waals surface area contributed by atoms with Crippen LogP contribution >= 0.6 is 0 Å². The number of amides is 2. The Bertz CT molecular complexity index is 1250. The lowest BCUT2D eigenvalue weighted by Crippen LogP contribution is -2.20. The van der Waals surface area contributed by atoms with Crippen LogP contribution in [0.5, 0.6) is 5.75 Å². The molecule has 4 rings (SSSR count). The van der Waals surface area contributed by atoms with Crippen LogP contribution in [0.25, 0.3) is 10.8 Å². The van der Waals surface area contributed by atoms with Gasteiger partial charge in [0.25, 0.3) is 5.91 Å². The molecule has 0 atom stereocenters. The summed E-state index contributed by atoms with van der Waals surface area (Å²) < 4.78 is 0. The van der Waals surface area contributed by atoms with Gasteiger partial charge in [-0.3, -0.25) is 9.59 Å². The molecule has 7 nitrogen and oxygen atoms in total. The van der Waals surface area contributed by atoms with Gasteiger partial charge >= 0.3 is 0 Å². The Morgan fingerprint density at radius 1 is 1.06 bits per heavy atom. The highest BCUT2D eigenvalue weighted by molar-refractivity contribution is 6.09. The van der Waals surface area contributed by atoms with E-state index in [1.807, 2.05) is 42.5 Å². The van der Waals surface area contributed by atoms with Crippen molar-refractivity contribution in [1.29, 1.82) is 5.26 Å². The quantitative estimate of drug-likeness (QED) is 0.416.